The summed E-state index contributed by atoms with van der Waals surface area (Å²) in [7, 11) is 0. The number of hydrogen-bond acceptors (Lipinski definition) is 5. The number of anilines is 2. The van der Waals surface area contributed by atoms with Gasteiger partial charge in [0.1, 0.15) is 0 Å². The molecule has 30 heavy (non-hydrogen) atoms. The van der Waals surface area contributed by atoms with Crippen LogP contribution in [0.1, 0.15) is 28.2 Å². The second-order valence-electron chi connectivity index (χ2n) is 6.84. The van der Waals surface area contributed by atoms with Crippen LogP contribution < -0.4 is 15.5 Å². The lowest BCUT2D eigenvalue weighted by atomic mass is 10.0. The number of amides is 3. The molecule has 2 N–H and O–H groups in total. The zero-order valence-electron chi connectivity index (χ0n) is 16.1. The summed E-state index contributed by atoms with van der Waals surface area (Å²) in [5, 5.41) is 5.15. The molecule has 0 radical (unpaired) electrons. The minimum absolute atomic E-state index is 0.168. The largest absolute Gasteiger partial charge is 0.459 e. The number of furan rings is 1. The molecule has 1 aliphatic heterocycles. The fourth-order valence-corrected chi connectivity index (χ4v) is 3.36. The molecule has 3 aromatic rings. The third kappa shape index (κ3) is 4.22. The van der Waals surface area contributed by atoms with Crippen molar-refractivity contribution in [3.05, 3.63) is 78.0 Å². The summed E-state index contributed by atoms with van der Waals surface area (Å²) in [4.78, 5) is 42.7. The maximum Gasteiger partial charge on any atom is 0.313 e. The van der Waals surface area contributed by atoms with E-state index in [-0.39, 0.29) is 18.2 Å². The van der Waals surface area contributed by atoms with Gasteiger partial charge in [0.05, 0.1) is 18.5 Å². The Labute approximate surface area is 172 Å². The number of rotatable bonds is 4. The SMILES string of the molecule is O=C(NCc1ccccn1)C(=O)Nc1ccc2c(c1)CCCN2C(=O)c1ccco1. The molecular weight excluding hydrogens is 384 g/mol. The van der Waals surface area contributed by atoms with Gasteiger partial charge in [-0.3, -0.25) is 19.4 Å². The number of aryl methyl sites for hydroxylation is 1. The fourth-order valence-electron chi connectivity index (χ4n) is 3.36. The summed E-state index contributed by atoms with van der Waals surface area (Å²) in [6.45, 7) is 0.759. The van der Waals surface area contributed by atoms with Gasteiger partial charge in [-0.05, 0) is 60.9 Å². The molecule has 152 valence electrons. The normalized spacial score (nSPS) is 12.7. The molecule has 8 nitrogen and oxygen atoms in total. The van der Waals surface area contributed by atoms with E-state index >= 15 is 0 Å². The average Bonchev–Trinajstić information content (AvgIpc) is 3.32. The lowest BCUT2D eigenvalue weighted by molar-refractivity contribution is -0.136. The molecule has 0 unspecified atom stereocenters. The Morgan fingerprint density at radius 2 is 1.97 bits per heavy atom. The second-order valence-corrected chi connectivity index (χ2v) is 6.84. The van der Waals surface area contributed by atoms with Crippen LogP contribution in [0, 0.1) is 0 Å². The fraction of sp³-hybridized carbons (Fsp3) is 0.182. The zero-order chi connectivity index (χ0) is 20.9. The van der Waals surface area contributed by atoms with E-state index in [9.17, 15) is 14.4 Å². The quantitative estimate of drug-likeness (QED) is 0.650. The number of carbonyl (C=O) groups is 3. The summed E-state index contributed by atoms with van der Waals surface area (Å²) in [5.74, 6) is -1.42. The van der Waals surface area contributed by atoms with E-state index in [2.05, 4.69) is 15.6 Å². The number of nitrogens with one attached hydrogen (secondary N) is 2. The van der Waals surface area contributed by atoms with E-state index in [0.717, 1.165) is 24.1 Å². The van der Waals surface area contributed by atoms with Crippen molar-refractivity contribution in [2.75, 3.05) is 16.8 Å². The molecule has 0 fully saturated rings. The van der Waals surface area contributed by atoms with Crippen LogP contribution in [0.25, 0.3) is 0 Å². The van der Waals surface area contributed by atoms with Gasteiger partial charge in [-0.15, -0.1) is 0 Å². The summed E-state index contributed by atoms with van der Waals surface area (Å²) in [5.41, 5.74) is 2.86. The highest BCUT2D eigenvalue weighted by atomic mass is 16.3. The Morgan fingerprint density at radius 1 is 1.07 bits per heavy atom. The van der Waals surface area contributed by atoms with E-state index in [0.29, 0.717) is 17.9 Å². The highest BCUT2D eigenvalue weighted by Gasteiger charge is 2.25. The van der Waals surface area contributed by atoms with Gasteiger partial charge in [-0.2, -0.15) is 0 Å². The third-order valence-corrected chi connectivity index (χ3v) is 4.80. The molecule has 3 amide bonds. The Bertz CT molecular complexity index is 1060. The molecule has 0 aliphatic carbocycles. The first-order valence-electron chi connectivity index (χ1n) is 9.59. The van der Waals surface area contributed by atoms with Gasteiger partial charge in [0.2, 0.25) is 0 Å². The smallest absolute Gasteiger partial charge is 0.313 e. The van der Waals surface area contributed by atoms with Gasteiger partial charge in [0.25, 0.3) is 5.91 Å². The molecule has 3 heterocycles. The van der Waals surface area contributed by atoms with Crippen molar-refractivity contribution in [3.63, 3.8) is 0 Å². The molecule has 0 bridgehead atoms. The van der Waals surface area contributed by atoms with Crippen molar-refractivity contribution >= 4 is 29.1 Å². The Hall–Kier alpha value is -3.94. The standard InChI is InChI=1S/C22H20N4O4/c27-20(24-14-17-6-1-2-10-23-17)21(28)25-16-8-9-18-15(13-16)5-3-11-26(18)22(29)19-7-4-12-30-19/h1-2,4,6-10,12-13H,3,5,11,14H2,(H,24,27)(H,25,28). The maximum absolute atomic E-state index is 12.7. The van der Waals surface area contributed by atoms with Gasteiger partial charge < -0.3 is 20.0 Å². The van der Waals surface area contributed by atoms with Gasteiger partial charge in [0.15, 0.2) is 5.76 Å². The van der Waals surface area contributed by atoms with Crippen molar-refractivity contribution in [1.29, 1.82) is 0 Å². The van der Waals surface area contributed by atoms with Gasteiger partial charge in [-0.25, -0.2) is 0 Å². The first-order chi connectivity index (χ1) is 14.6. The molecular formula is C22H20N4O4. The lowest BCUT2D eigenvalue weighted by Gasteiger charge is -2.29. The van der Waals surface area contributed by atoms with Crippen molar-refractivity contribution < 1.29 is 18.8 Å². The van der Waals surface area contributed by atoms with Crippen LogP contribution >= 0.6 is 0 Å². The van der Waals surface area contributed by atoms with Gasteiger partial charge in [0, 0.05) is 24.1 Å². The zero-order valence-corrected chi connectivity index (χ0v) is 16.1. The van der Waals surface area contributed by atoms with Gasteiger partial charge >= 0.3 is 11.8 Å². The molecule has 0 saturated heterocycles. The van der Waals surface area contributed by atoms with Crippen molar-refractivity contribution in [3.8, 4) is 0 Å². The molecule has 0 spiro atoms. The summed E-state index contributed by atoms with van der Waals surface area (Å²) >= 11 is 0. The predicted octanol–water partition coefficient (Wildman–Crippen LogP) is 2.52. The molecule has 8 heteroatoms. The molecule has 1 aromatic carbocycles. The summed E-state index contributed by atoms with van der Waals surface area (Å²) in [6.07, 6.45) is 4.65. The average molecular weight is 404 g/mol. The monoisotopic (exact) mass is 404 g/mol. The van der Waals surface area contributed by atoms with Crippen molar-refractivity contribution in [1.82, 2.24) is 10.3 Å². The van der Waals surface area contributed by atoms with E-state index in [1.165, 1.54) is 6.26 Å². The van der Waals surface area contributed by atoms with E-state index in [4.69, 9.17) is 4.42 Å². The number of aromatic nitrogens is 1. The highest BCUT2D eigenvalue weighted by molar-refractivity contribution is 6.39. The van der Waals surface area contributed by atoms with Gasteiger partial charge in [-0.1, -0.05) is 6.07 Å². The van der Waals surface area contributed by atoms with Crippen LogP contribution in [0.15, 0.2) is 65.4 Å². The van der Waals surface area contributed by atoms with Crippen LogP contribution in [-0.2, 0) is 22.6 Å². The second kappa shape index (κ2) is 8.60. The molecule has 0 atom stereocenters. The molecule has 2 aromatic heterocycles. The minimum Gasteiger partial charge on any atom is -0.459 e. The van der Waals surface area contributed by atoms with E-state index in [1.54, 1.807) is 53.6 Å². The van der Waals surface area contributed by atoms with Crippen LogP contribution in [0.4, 0.5) is 11.4 Å². The number of fused-ring (bicyclic) bond motifs is 1. The Morgan fingerprint density at radius 3 is 2.73 bits per heavy atom. The minimum atomic E-state index is -0.759. The number of benzene rings is 1. The van der Waals surface area contributed by atoms with Crippen LogP contribution in [-0.4, -0.2) is 29.3 Å². The van der Waals surface area contributed by atoms with Crippen molar-refractivity contribution in [2.45, 2.75) is 19.4 Å². The topological polar surface area (TPSA) is 105 Å². The lowest BCUT2D eigenvalue weighted by Crippen LogP contribution is -2.36. The molecule has 1 aliphatic rings. The molecule has 0 saturated carbocycles. The molecule has 4 rings (SSSR count). The van der Waals surface area contributed by atoms with E-state index < -0.39 is 11.8 Å². The first-order valence-corrected chi connectivity index (χ1v) is 9.59. The Balaban J connectivity index is 1.41. The predicted molar refractivity (Wildman–Crippen MR) is 110 cm³/mol. The number of hydrogen-bond donors (Lipinski definition) is 2. The summed E-state index contributed by atoms with van der Waals surface area (Å²) < 4.78 is 5.22. The van der Waals surface area contributed by atoms with E-state index in [1.807, 2.05) is 6.07 Å². The number of carbonyl (C=O) groups excluding carboxylic acids is 3. The maximum atomic E-state index is 12.7. The Kier molecular flexibility index (Phi) is 5.56. The van der Waals surface area contributed by atoms with Crippen LogP contribution in [0.5, 0.6) is 0 Å². The first kappa shape index (κ1) is 19.4. The summed E-state index contributed by atoms with van der Waals surface area (Å²) in [6, 6.07) is 13.9. The van der Waals surface area contributed by atoms with Crippen molar-refractivity contribution in [2.24, 2.45) is 0 Å². The number of pyridine rings is 1. The highest BCUT2D eigenvalue weighted by Crippen LogP contribution is 2.31. The van der Waals surface area contributed by atoms with Crippen LogP contribution in [0.2, 0.25) is 0 Å². The third-order valence-electron chi connectivity index (χ3n) is 4.80. The number of nitrogens with zero attached hydrogens (tertiary/aromatic N) is 2. The van der Waals surface area contributed by atoms with Crippen LogP contribution in [0.3, 0.4) is 0 Å².